The molecule has 1 aromatic carbocycles. The number of piperidine rings is 1. The minimum atomic E-state index is -0.344. The van der Waals surface area contributed by atoms with Crippen LogP contribution < -0.4 is 10.6 Å². The van der Waals surface area contributed by atoms with Crippen molar-refractivity contribution in [1.29, 1.82) is 0 Å². The molecule has 6 nitrogen and oxygen atoms in total. The first-order chi connectivity index (χ1) is 10.1. The summed E-state index contributed by atoms with van der Waals surface area (Å²) in [4.78, 5) is 12.9. The monoisotopic (exact) mass is 291 g/mol. The number of rotatable bonds is 5. The fourth-order valence-electron chi connectivity index (χ4n) is 2.80. The number of ether oxygens (including phenoxy) is 1. The van der Waals surface area contributed by atoms with Gasteiger partial charge < -0.3 is 15.4 Å². The normalized spacial score (nSPS) is 22.3. The lowest BCUT2D eigenvalue weighted by Gasteiger charge is -2.34. The molecular formula is C15H21N3O3. The van der Waals surface area contributed by atoms with Gasteiger partial charge >= 0.3 is 0 Å². The van der Waals surface area contributed by atoms with E-state index in [4.69, 9.17) is 10.5 Å². The van der Waals surface area contributed by atoms with E-state index in [-0.39, 0.29) is 16.7 Å². The molecule has 6 heteroatoms. The van der Waals surface area contributed by atoms with Crippen LogP contribution in [-0.4, -0.2) is 30.7 Å². The molecule has 1 saturated carbocycles. The Labute approximate surface area is 124 Å². The number of nitrogens with two attached hydrogens (primary N) is 1. The van der Waals surface area contributed by atoms with E-state index in [9.17, 15) is 10.1 Å². The number of anilines is 2. The number of nitrogen functional groups attached to an aromatic ring is 1. The van der Waals surface area contributed by atoms with Crippen LogP contribution in [0.25, 0.3) is 0 Å². The number of hydrogen-bond donors (Lipinski definition) is 1. The summed E-state index contributed by atoms with van der Waals surface area (Å²) < 4.78 is 5.95. The minimum Gasteiger partial charge on any atom is -0.399 e. The van der Waals surface area contributed by atoms with Gasteiger partial charge in [-0.05, 0) is 43.7 Å². The van der Waals surface area contributed by atoms with E-state index < -0.39 is 0 Å². The number of nitro benzene ring substituents is 1. The maximum Gasteiger partial charge on any atom is 0.292 e. The summed E-state index contributed by atoms with van der Waals surface area (Å²) in [6.07, 6.45) is 4.73. The first kappa shape index (κ1) is 14.1. The largest absolute Gasteiger partial charge is 0.399 e. The Balaban J connectivity index is 1.72. The number of hydrogen-bond acceptors (Lipinski definition) is 5. The molecule has 2 fully saturated rings. The van der Waals surface area contributed by atoms with Crippen LogP contribution in [0.1, 0.15) is 25.7 Å². The van der Waals surface area contributed by atoms with Gasteiger partial charge in [0, 0.05) is 31.5 Å². The van der Waals surface area contributed by atoms with Crippen LogP contribution in [0.5, 0.6) is 0 Å². The Morgan fingerprint density at radius 3 is 2.90 bits per heavy atom. The highest BCUT2D eigenvalue weighted by atomic mass is 16.6. The van der Waals surface area contributed by atoms with Gasteiger partial charge in [0.1, 0.15) is 5.69 Å². The van der Waals surface area contributed by atoms with Gasteiger partial charge in [-0.25, -0.2) is 0 Å². The summed E-state index contributed by atoms with van der Waals surface area (Å²) >= 11 is 0. The fraction of sp³-hybridized carbons (Fsp3) is 0.600. The molecule has 1 heterocycles. The average Bonchev–Trinajstić information content (AvgIpc) is 3.29. The predicted octanol–water partition coefficient (Wildman–Crippen LogP) is 2.57. The van der Waals surface area contributed by atoms with Crippen LogP contribution in [0.2, 0.25) is 0 Å². The van der Waals surface area contributed by atoms with E-state index in [1.807, 2.05) is 4.90 Å². The van der Waals surface area contributed by atoms with E-state index in [1.165, 1.54) is 18.9 Å². The zero-order valence-electron chi connectivity index (χ0n) is 12.0. The van der Waals surface area contributed by atoms with Crippen molar-refractivity contribution in [3.8, 4) is 0 Å². The summed E-state index contributed by atoms with van der Waals surface area (Å²) in [5.41, 5.74) is 7.08. The maximum absolute atomic E-state index is 11.2. The van der Waals surface area contributed by atoms with E-state index in [0.717, 1.165) is 31.9 Å². The molecule has 1 aliphatic heterocycles. The third kappa shape index (κ3) is 3.44. The van der Waals surface area contributed by atoms with Crippen LogP contribution in [0.4, 0.5) is 17.1 Å². The molecule has 21 heavy (non-hydrogen) atoms. The fourth-order valence-corrected chi connectivity index (χ4v) is 2.80. The van der Waals surface area contributed by atoms with Crippen molar-refractivity contribution in [1.82, 2.24) is 0 Å². The van der Waals surface area contributed by atoms with Gasteiger partial charge in [0.25, 0.3) is 5.69 Å². The molecule has 0 aromatic heterocycles. The Hall–Kier alpha value is -1.82. The van der Waals surface area contributed by atoms with Crippen LogP contribution in [-0.2, 0) is 4.74 Å². The van der Waals surface area contributed by atoms with Crippen molar-refractivity contribution in [3.05, 3.63) is 28.3 Å². The van der Waals surface area contributed by atoms with Crippen molar-refractivity contribution in [2.45, 2.75) is 31.8 Å². The van der Waals surface area contributed by atoms with E-state index >= 15 is 0 Å². The second-order valence-electron chi connectivity index (χ2n) is 5.99. The summed E-state index contributed by atoms with van der Waals surface area (Å²) in [5.74, 6) is 0.738. The van der Waals surface area contributed by atoms with Gasteiger partial charge in [-0.1, -0.05) is 0 Å². The molecule has 1 aliphatic carbocycles. The smallest absolute Gasteiger partial charge is 0.292 e. The molecule has 1 atom stereocenters. The van der Waals surface area contributed by atoms with Crippen molar-refractivity contribution in [3.63, 3.8) is 0 Å². The maximum atomic E-state index is 11.2. The van der Waals surface area contributed by atoms with Crippen molar-refractivity contribution in [2.75, 3.05) is 30.3 Å². The molecule has 0 bridgehead atoms. The van der Waals surface area contributed by atoms with Gasteiger partial charge in [-0.2, -0.15) is 0 Å². The number of nitrogens with zero attached hydrogens (tertiary/aromatic N) is 2. The lowest BCUT2D eigenvalue weighted by Crippen LogP contribution is -2.40. The summed E-state index contributed by atoms with van der Waals surface area (Å²) in [5, 5.41) is 11.2. The van der Waals surface area contributed by atoms with Gasteiger partial charge in [-0.15, -0.1) is 0 Å². The minimum absolute atomic E-state index is 0.118. The van der Waals surface area contributed by atoms with Gasteiger partial charge in [0.05, 0.1) is 11.0 Å². The second kappa shape index (κ2) is 5.89. The van der Waals surface area contributed by atoms with Gasteiger partial charge in [-0.3, -0.25) is 10.1 Å². The lowest BCUT2D eigenvalue weighted by molar-refractivity contribution is -0.384. The first-order valence-corrected chi connectivity index (χ1v) is 7.54. The van der Waals surface area contributed by atoms with Crippen LogP contribution >= 0.6 is 0 Å². The molecule has 0 radical (unpaired) electrons. The first-order valence-electron chi connectivity index (χ1n) is 7.54. The summed E-state index contributed by atoms with van der Waals surface area (Å²) in [6, 6.07) is 4.76. The highest BCUT2D eigenvalue weighted by Crippen LogP contribution is 2.33. The Morgan fingerprint density at radius 1 is 1.38 bits per heavy atom. The Kier molecular flexibility index (Phi) is 3.96. The molecule has 1 aromatic rings. The molecule has 1 saturated heterocycles. The summed E-state index contributed by atoms with van der Waals surface area (Å²) in [7, 11) is 0. The molecule has 0 amide bonds. The number of benzene rings is 1. The molecule has 0 unspecified atom stereocenters. The summed E-state index contributed by atoms with van der Waals surface area (Å²) in [6.45, 7) is 2.35. The van der Waals surface area contributed by atoms with Crippen molar-refractivity contribution >= 4 is 17.1 Å². The van der Waals surface area contributed by atoms with Gasteiger partial charge in [0.2, 0.25) is 0 Å². The van der Waals surface area contributed by atoms with Crippen LogP contribution in [0, 0.1) is 16.0 Å². The third-order valence-corrected chi connectivity index (χ3v) is 4.18. The highest BCUT2D eigenvalue weighted by Gasteiger charge is 2.28. The molecule has 114 valence electrons. The van der Waals surface area contributed by atoms with E-state index in [1.54, 1.807) is 12.1 Å². The highest BCUT2D eigenvalue weighted by molar-refractivity contribution is 5.68. The molecule has 2 N–H and O–H groups in total. The predicted molar refractivity (Wildman–Crippen MR) is 81.4 cm³/mol. The Bertz CT molecular complexity index is 531. The topological polar surface area (TPSA) is 81.6 Å². The molecule has 3 rings (SSSR count). The lowest BCUT2D eigenvalue weighted by atomic mass is 10.1. The second-order valence-corrected chi connectivity index (χ2v) is 5.99. The average molecular weight is 291 g/mol. The van der Waals surface area contributed by atoms with E-state index in [0.29, 0.717) is 17.9 Å². The number of nitro groups is 1. The third-order valence-electron chi connectivity index (χ3n) is 4.18. The van der Waals surface area contributed by atoms with Crippen molar-refractivity contribution in [2.24, 2.45) is 5.92 Å². The van der Waals surface area contributed by atoms with Crippen LogP contribution in [0.15, 0.2) is 18.2 Å². The zero-order valence-corrected chi connectivity index (χ0v) is 12.0. The quantitative estimate of drug-likeness (QED) is 0.512. The van der Waals surface area contributed by atoms with Gasteiger partial charge in [0.15, 0.2) is 0 Å². The molecule has 0 spiro atoms. The zero-order chi connectivity index (χ0) is 14.8. The van der Waals surface area contributed by atoms with E-state index in [2.05, 4.69) is 0 Å². The molecular weight excluding hydrogens is 270 g/mol. The molecule has 2 aliphatic rings. The van der Waals surface area contributed by atoms with Crippen LogP contribution in [0.3, 0.4) is 0 Å². The Morgan fingerprint density at radius 2 is 2.19 bits per heavy atom. The standard InChI is InChI=1S/C15H21N3O3/c16-12-5-6-14(18(19)20)15(8-12)17-7-1-2-13(9-17)21-10-11-3-4-11/h5-6,8,11,13H,1-4,7,9-10,16H2/t13-/m0/s1. The van der Waals surface area contributed by atoms with Crippen molar-refractivity contribution < 1.29 is 9.66 Å². The SMILES string of the molecule is Nc1ccc([N+](=O)[O-])c(N2CCC[C@H](OCC3CC3)C2)c1.